The third kappa shape index (κ3) is 3.70. The second-order valence-corrected chi connectivity index (χ2v) is 4.56. The van der Waals surface area contributed by atoms with Crippen LogP contribution in [0, 0.1) is 5.41 Å². The SMILES string of the molecule is COC(=O)/C=C/C1=CC(=O)CC(C)(C)C1. The highest BCUT2D eigenvalue weighted by Crippen LogP contribution is 2.33. The molecule has 0 N–H and O–H groups in total. The largest absolute Gasteiger partial charge is 0.466 e. The number of hydrogen-bond acceptors (Lipinski definition) is 3. The minimum absolute atomic E-state index is 0.0123. The van der Waals surface area contributed by atoms with E-state index in [0.717, 1.165) is 12.0 Å². The first kappa shape index (κ1) is 11.7. The van der Waals surface area contributed by atoms with Crippen molar-refractivity contribution in [2.75, 3.05) is 7.11 Å². The molecule has 0 radical (unpaired) electrons. The van der Waals surface area contributed by atoms with E-state index in [0.29, 0.717) is 6.42 Å². The van der Waals surface area contributed by atoms with Crippen LogP contribution in [0.1, 0.15) is 26.7 Å². The third-order valence-corrected chi connectivity index (χ3v) is 2.32. The highest BCUT2D eigenvalue weighted by Gasteiger charge is 2.26. The summed E-state index contributed by atoms with van der Waals surface area (Å²) in [6.07, 6.45) is 5.99. The number of esters is 1. The van der Waals surface area contributed by atoms with Crippen molar-refractivity contribution in [2.24, 2.45) is 5.41 Å². The Balaban J connectivity index is 2.74. The molecule has 0 spiro atoms. The molecule has 3 nitrogen and oxygen atoms in total. The normalized spacial score (nSPS) is 20.2. The van der Waals surface area contributed by atoms with Crippen LogP contribution in [0.2, 0.25) is 0 Å². The summed E-state index contributed by atoms with van der Waals surface area (Å²) in [6, 6.07) is 0. The van der Waals surface area contributed by atoms with Crippen LogP contribution in [0.5, 0.6) is 0 Å². The summed E-state index contributed by atoms with van der Waals surface area (Å²) in [4.78, 5) is 22.3. The zero-order chi connectivity index (χ0) is 11.5. The average Bonchev–Trinajstić information content (AvgIpc) is 2.11. The highest BCUT2D eigenvalue weighted by molar-refractivity contribution is 5.92. The Morgan fingerprint density at radius 2 is 2.13 bits per heavy atom. The smallest absolute Gasteiger partial charge is 0.330 e. The molecule has 1 rings (SSSR count). The molecule has 0 heterocycles. The lowest BCUT2D eigenvalue weighted by molar-refractivity contribution is -0.134. The molecule has 0 saturated carbocycles. The van der Waals surface area contributed by atoms with Gasteiger partial charge in [-0.05, 0) is 23.5 Å². The molecule has 0 aromatic rings. The predicted molar refractivity (Wildman–Crippen MR) is 57.3 cm³/mol. The van der Waals surface area contributed by atoms with Crippen LogP contribution in [0.3, 0.4) is 0 Å². The monoisotopic (exact) mass is 208 g/mol. The Morgan fingerprint density at radius 1 is 1.47 bits per heavy atom. The lowest BCUT2D eigenvalue weighted by Gasteiger charge is -2.27. The first-order valence-electron chi connectivity index (χ1n) is 4.92. The number of rotatable bonds is 2. The molecule has 0 amide bonds. The van der Waals surface area contributed by atoms with Crippen molar-refractivity contribution >= 4 is 11.8 Å². The molecule has 15 heavy (non-hydrogen) atoms. The van der Waals surface area contributed by atoms with Crippen LogP contribution in [0.25, 0.3) is 0 Å². The first-order chi connectivity index (χ1) is 6.93. The van der Waals surface area contributed by atoms with E-state index in [9.17, 15) is 9.59 Å². The van der Waals surface area contributed by atoms with Crippen molar-refractivity contribution in [3.8, 4) is 0 Å². The number of carbonyl (C=O) groups excluding carboxylic acids is 2. The van der Waals surface area contributed by atoms with Crippen LogP contribution >= 0.6 is 0 Å². The van der Waals surface area contributed by atoms with Gasteiger partial charge < -0.3 is 4.74 Å². The van der Waals surface area contributed by atoms with Crippen molar-refractivity contribution in [1.29, 1.82) is 0 Å². The Kier molecular flexibility index (Phi) is 3.45. The molecular formula is C12H16O3. The molecule has 0 fully saturated rings. The second-order valence-electron chi connectivity index (χ2n) is 4.56. The number of ether oxygens (including phenoxy) is 1. The zero-order valence-electron chi connectivity index (χ0n) is 9.37. The summed E-state index contributed by atoms with van der Waals surface area (Å²) in [7, 11) is 1.33. The molecule has 0 aromatic carbocycles. The second kappa shape index (κ2) is 4.43. The van der Waals surface area contributed by atoms with Gasteiger partial charge in [-0.3, -0.25) is 4.79 Å². The van der Waals surface area contributed by atoms with E-state index in [1.165, 1.54) is 13.2 Å². The van der Waals surface area contributed by atoms with Crippen LogP contribution in [0.4, 0.5) is 0 Å². The van der Waals surface area contributed by atoms with E-state index < -0.39 is 5.97 Å². The van der Waals surface area contributed by atoms with E-state index >= 15 is 0 Å². The molecule has 82 valence electrons. The van der Waals surface area contributed by atoms with Crippen molar-refractivity contribution in [3.63, 3.8) is 0 Å². The average molecular weight is 208 g/mol. The molecule has 0 saturated heterocycles. The van der Waals surface area contributed by atoms with Crippen molar-refractivity contribution < 1.29 is 14.3 Å². The first-order valence-corrected chi connectivity index (χ1v) is 4.92. The maximum absolute atomic E-state index is 11.4. The van der Waals surface area contributed by atoms with Crippen LogP contribution in [0.15, 0.2) is 23.8 Å². The number of carbonyl (C=O) groups is 2. The van der Waals surface area contributed by atoms with E-state index in [1.54, 1.807) is 12.2 Å². The molecule has 0 aliphatic heterocycles. The van der Waals surface area contributed by atoms with E-state index in [-0.39, 0.29) is 11.2 Å². The topological polar surface area (TPSA) is 43.4 Å². The van der Waals surface area contributed by atoms with Gasteiger partial charge in [0, 0.05) is 12.5 Å². The lowest BCUT2D eigenvalue weighted by Crippen LogP contribution is -2.21. The van der Waals surface area contributed by atoms with Gasteiger partial charge in [-0.2, -0.15) is 0 Å². The molecule has 0 atom stereocenters. The minimum Gasteiger partial charge on any atom is -0.466 e. The maximum Gasteiger partial charge on any atom is 0.330 e. The number of methoxy groups -OCH3 is 1. The zero-order valence-corrected chi connectivity index (χ0v) is 9.37. The van der Waals surface area contributed by atoms with Crippen LogP contribution in [-0.4, -0.2) is 18.9 Å². The number of allylic oxidation sites excluding steroid dienone is 3. The number of hydrogen-bond donors (Lipinski definition) is 0. The van der Waals surface area contributed by atoms with Crippen LogP contribution in [-0.2, 0) is 14.3 Å². The van der Waals surface area contributed by atoms with Crippen molar-refractivity contribution in [1.82, 2.24) is 0 Å². The van der Waals surface area contributed by atoms with E-state index in [4.69, 9.17) is 0 Å². The Labute approximate surface area is 89.8 Å². The van der Waals surface area contributed by atoms with Gasteiger partial charge in [0.25, 0.3) is 0 Å². The molecule has 0 bridgehead atoms. The third-order valence-electron chi connectivity index (χ3n) is 2.32. The summed E-state index contributed by atoms with van der Waals surface area (Å²) >= 11 is 0. The number of ketones is 1. The standard InChI is InChI=1S/C12H16O3/c1-12(2)7-9(6-10(13)8-12)4-5-11(14)15-3/h4-6H,7-8H2,1-3H3/b5-4+. The molecule has 0 unspecified atom stereocenters. The summed E-state index contributed by atoms with van der Waals surface area (Å²) in [6.45, 7) is 4.09. The molecule has 0 aromatic heterocycles. The Hall–Kier alpha value is -1.38. The molecular weight excluding hydrogens is 192 g/mol. The quantitative estimate of drug-likeness (QED) is 0.515. The molecule has 3 heteroatoms. The van der Waals surface area contributed by atoms with Crippen LogP contribution < -0.4 is 0 Å². The molecule has 1 aliphatic rings. The van der Waals surface area contributed by atoms with Crippen molar-refractivity contribution in [2.45, 2.75) is 26.7 Å². The fourth-order valence-corrected chi connectivity index (χ4v) is 1.75. The highest BCUT2D eigenvalue weighted by atomic mass is 16.5. The Morgan fingerprint density at radius 3 is 2.67 bits per heavy atom. The molecule has 1 aliphatic carbocycles. The summed E-state index contributed by atoms with van der Waals surface area (Å²) in [5, 5.41) is 0. The minimum atomic E-state index is -0.397. The van der Waals surface area contributed by atoms with Gasteiger partial charge >= 0.3 is 5.97 Å². The predicted octanol–water partition coefficient (Wildman–Crippen LogP) is 2.03. The van der Waals surface area contributed by atoms with E-state index in [2.05, 4.69) is 4.74 Å². The lowest BCUT2D eigenvalue weighted by atomic mass is 9.77. The van der Waals surface area contributed by atoms with E-state index in [1.807, 2.05) is 13.8 Å². The van der Waals surface area contributed by atoms with Gasteiger partial charge in [0.2, 0.25) is 0 Å². The maximum atomic E-state index is 11.4. The van der Waals surface area contributed by atoms with Crippen molar-refractivity contribution in [3.05, 3.63) is 23.8 Å². The Bertz CT molecular complexity index is 335. The fourth-order valence-electron chi connectivity index (χ4n) is 1.75. The fraction of sp³-hybridized carbons (Fsp3) is 0.500. The van der Waals surface area contributed by atoms with Gasteiger partial charge in [0.15, 0.2) is 5.78 Å². The van der Waals surface area contributed by atoms with Gasteiger partial charge in [0.05, 0.1) is 7.11 Å². The van der Waals surface area contributed by atoms with Gasteiger partial charge in [-0.1, -0.05) is 19.9 Å². The van der Waals surface area contributed by atoms with Gasteiger partial charge in [-0.25, -0.2) is 4.79 Å². The van der Waals surface area contributed by atoms with Gasteiger partial charge in [0.1, 0.15) is 0 Å². The van der Waals surface area contributed by atoms with Gasteiger partial charge in [-0.15, -0.1) is 0 Å². The summed E-state index contributed by atoms with van der Waals surface area (Å²) < 4.78 is 4.48. The summed E-state index contributed by atoms with van der Waals surface area (Å²) in [5.74, 6) is -0.275. The summed E-state index contributed by atoms with van der Waals surface area (Å²) in [5.41, 5.74) is 0.878.